The van der Waals surface area contributed by atoms with Crippen LogP contribution in [0.25, 0.3) is 0 Å². The van der Waals surface area contributed by atoms with E-state index in [0.717, 1.165) is 5.41 Å². The SMILES string of the molecule is Cc1ccc(NC2CCC3(CCCC3)CC2)cc1N(C)C. The fraction of sp³-hybridized carbons (Fsp3) is 0.684. The van der Waals surface area contributed by atoms with E-state index in [9.17, 15) is 0 Å². The van der Waals surface area contributed by atoms with Crippen LogP contribution in [0.1, 0.15) is 56.9 Å². The summed E-state index contributed by atoms with van der Waals surface area (Å²) < 4.78 is 0. The number of aryl methyl sites for hydroxylation is 1. The lowest BCUT2D eigenvalue weighted by Gasteiger charge is -2.38. The molecule has 0 aromatic heterocycles. The summed E-state index contributed by atoms with van der Waals surface area (Å²) in [5.41, 5.74) is 4.69. The van der Waals surface area contributed by atoms with Gasteiger partial charge >= 0.3 is 0 Å². The molecular formula is C19H30N2. The summed E-state index contributed by atoms with van der Waals surface area (Å²) >= 11 is 0. The van der Waals surface area contributed by atoms with Crippen molar-refractivity contribution in [1.29, 1.82) is 0 Å². The summed E-state index contributed by atoms with van der Waals surface area (Å²) in [4.78, 5) is 2.20. The minimum atomic E-state index is 0.675. The lowest BCUT2D eigenvalue weighted by molar-refractivity contribution is 0.188. The molecule has 1 aromatic rings. The Labute approximate surface area is 129 Å². The quantitative estimate of drug-likeness (QED) is 0.843. The van der Waals surface area contributed by atoms with E-state index in [0.29, 0.717) is 6.04 Å². The van der Waals surface area contributed by atoms with Gasteiger partial charge in [-0.2, -0.15) is 0 Å². The highest BCUT2D eigenvalue weighted by molar-refractivity contribution is 5.62. The first-order valence-corrected chi connectivity index (χ1v) is 8.63. The van der Waals surface area contributed by atoms with E-state index in [4.69, 9.17) is 0 Å². The lowest BCUT2D eigenvalue weighted by Crippen LogP contribution is -2.31. The van der Waals surface area contributed by atoms with E-state index in [-0.39, 0.29) is 0 Å². The third-order valence-corrected chi connectivity index (χ3v) is 5.77. The molecule has 0 amide bonds. The fourth-order valence-electron chi connectivity index (χ4n) is 4.42. The highest BCUT2D eigenvalue weighted by Crippen LogP contribution is 2.49. The molecule has 21 heavy (non-hydrogen) atoms. The zero-order chi connectivity index (χ0) is 14.9. The van der Waals surface area contributed by atoms with E-state index < -0.39 is 0 Å². The standard InChI is InChI=1S/C19H30N2/c1-15-6-7-17(14-18(15)21(2)3)20-16-8-12-19(13-9-16)10-4-5-11-19/h6-7,14,16,20H,4-5,8-13H2,1-3H3. The van der Waals surface area contributed by atoms with Gasteiger partial charge < -0.3 is 10.2 Å². The molecule has 0 saturated heterocycles. The molecule has 1 spiro atoms. The van der Waals surface area contributed by atoms with E-state index in [1.165, 1.54) is 68.3 Å². The first kappa shape index (κ1) is 14.7. The van der Waals surface area contributed by atoms with Crippen LogP contribution in [0, 0.1) is 12.3 Å². The van der Waals surface area contributed by atoms with Crippen molar-refractivity contribution in [2.45, 2.75) is 64.3 Å². The maximum atomic E-state index is 3.78. The van der Waals surface area contributed by atoms with Gasteiger partial charge in [0.15, 0.2) is 0 Å². The van der Waals surface area contributed by atoms with Gasteiger partial charge in [0.2, 0.25) is 0 Å². The average Bonchev–Trinajstić information content (AvgIpc) is 2.92. The Bertz CT molecular complexity index is 476. The Hall–Kier alpha value is -1.18. The summed E-state index contributed by atoms with van der Waals surface area (Å²) in [6.07, 6.45) is 11.5. The van der Waals surface area contributed by atoms with Gasteiger partial charge in [-0.05, 0) is 68.6 Å². The number of anilines is 2. The number of nitrogens with zero attached hydrogens (tertiary/aromatic N) is 1. The van der Waals surface area contributed by atoms with E-state index in [2.05, 4.69) is 49.4 Å². The summed E-state index contributed by atoms with van der Waals surface area (Å²) in [5, 5.41) is 3.78. The average molecular weight is 286 g/mol. The smallest absolute Gasteiger partial charge is 0.0411 e. The Morgan fingerprint density at radius 3 is 2.33 bits per heavy atom. The largest absolute Gasteiger partial charge is 0.382 e. The van der Waals surface area contributed by atoms with Crippen molar-refractivity contribution >= 4 is 11.4 Å². The van der Waals surface area contributed by atoms with Crippen LogP contribution in [-0.2, 0) is 0 Å². The Balaban J connectivity index is 1.61. The van der Waals surface area contributed by atoms with Crippen molar-refractivity contribution in [2.75, 3.05) is 24.3 Å². The molecule has 2 heteroatoms. The van der Waals surface area contributed by atoms with Gasteiger partial charge in [0.25, 0.3) is 0 Å². The first-order chi connectivity index (χ1) is 10.1. The Kier molecular flexibility index (Phi) is 4.14. The minimum absolute atomic E-state index is 0.675. The van der Waals surface area contributed by atoms with Crippen LogP contribution in [-0.4, -0.2) is 20.1 Å². The maximum absolute atomic E-state index is 3.78. The third kappa shape index (κ3) is 3.20. The zero-order valence-electron chi connectivity index (χ0n) is 13.9. The van der Waals surface area contributed by atoms with Gasteiger partial charge in [-0.3, -0.25) is 0 Å². The van der Waals surface area contributed by atoms with E-state index in [1.807, 2.05) is 0 Å². The second-order valence-corrected chi connectivity index (χ2v) is 7.52. The summed E-state index contributed by atoms with van der Waals surface area (Å²) in [5.74, 6) is 0. The molecule has 2 aliphatic rings. The summed E-state index contributed by atoms with van der Waals surface area (Å²) in [6.45, 7) is 2.18. The molecule has 1 aromatic carbocycles. The van der Waals surface area contributed by atoms with E-state index >= 15 is 0 Å². The molecule has 0 bridgehead atoms. The topological polar surface area (TPSA) is 15.3 Å². The molecule has 0 aliphatic heterocycles. The van der Waals surface area contributed by atoms with Crippen LogP contribution in [0.3, 0.4) is 0 Å². The van der Waals surface area contributed by atoms with Crippen LogP contribution in [0.5, 0.6) is 0 Å². The summed E-state index contributed by atoms with van der Waals surface area (Å²) in [6, 6.07) is 7.45. The van der Waals surface area contributed by atoms with Crippen LogP contribution >= 0.6 is 0 Å². The minimum Gasteiger partial charge on any atom is -0.382 e. The number of nitrogens with one attached hydrogen (secondary N) is 1. The molecule has 2 aliphatic carbocycles. The summed E-state index contributed by atoms with van der Waals surface area (Å²) in [7, 11) is 4.24. The molecule has 0 radical (unpaired) electrons. The first-order valence-electron chi connectivity index (χ1n) is 8.63. The van der Waals surface area contributed by atoms with Crippen LogP contribution in [0.15, 0.2) is 18.2 Å². The van der Waals surface area contributed by atoms with Gasteiger partial charge in [-0.25, -0.2) is 0 Å². The van der Waals surface area contributed by atoms with Crippen LogP contribution in [0.4, 0.5) is 11.4 Å². The van der Waals surface area contributed by atoms with Crippen molar-refractivity contribution < 1.29 is 0 Å². The molecule has 2 nitrogen and oxygen atoms in total. The van der Waals surface area contributed by atoms with Crippen molar-refractivity contribution in [3.63, 3.8) is 0 Å². The molecule has 3 rings (SSSR count). The molecule has 2 saturated carbocycles. The van der Waals surface area contributed by atoms with Gasteiger partial charge in [0, 0.05) is 31.5 Å². The predicted molar refractivity (Wildman–Crippen MR) is 92.3 cm³/mol. The number of benzene rings is 1. The second kappa shape index (κ2) is 5.90. The van der Waals surface area contributed by atoms with E-state index in [1.54, 1.807) is 0 Å². The Morgan fingerprint density at radius 1 is 1.05 bits per heavy atom. The fourth-order valence-corrected chi connectivity index (χ4v) is 4.42. The number of hydrogen-bond donors (Lipinski definition) is 1. The van der Waals surface area contributed by atoms with Crippen molar-refractivity contribution in [2.24, 2.45) is 5.41 Å². The highest BCUT2D eigenvalue weighted by Gasteiger charge is 2.37. The van der Waals surface area contributed by atoms with Crippen molar-refractivity contribution in [3.05, 3.63) is 23.8 Å². The molecule has 0 heterocycles. The molecule has 116 valence electrons. The number of hydrogen-bond acceptors (Lipinski definition) is 2. The van der Waals surface area contributed by atoms with Crippen LogP contribution < -0.4 is 10.2 Å². The molecular weight excluding hydrogens is 256 g/mol. The van der Waals surface area contributed by atoms with Gasteiger partial charge in [0.05, 0.1) is 0 Å². The molecule has 2 fully saturated rings. The maximum Gasteiger partial charge on any atom is 0.0411 e. The zero-order valence-corrected chi connectivity index (χ0v) is 13.9. The third-order valence-electron chi connectivity index (χ3n) is 5.77. The van der Waals surface area contributed by atoms with Gasteiger partial charge in [-0.1, -0.05) is 18.9 Å². The predicted octanol–water partition coefficient (Wildman–Crippen LogP) is 4.98. The Morgan fingerprint density at radius 2 is 1.71 bits per heavy atom. The highest BCUT2D eigenvalue weighted by atomic mass is 15.1. The second-order valence-electron chi connectivity index (χ2n) is 7.52. The van der Waals surface area contributed by atoms with Crippen LogP contribution in [0.2, 0.25) is 0 Å². The normalized spacial score (nSPS) is 21.7. The lowest BCUT2D eigenvalue weighted by atomic mass is 9.71. The monoisotopic (exact) mass is 286 g/mol. The molecule has 1 N–H and O–H groups in total. The molecule has 0 unspecified atom stereocenters. The molecule has 0 atom stereocenters. The van der Waals surface area contributed by atoms with Gasteiger partial charge in [0.1, 0.15) is 0 Å². The van der Waals surface area contributed by atoms with Crippen molar-refractivity contribution in [3.8, 4) is 0 Å². The van der Waals surface area contributed by atoms with Gasteiger partial charge in [-0.15, -0.1) is 0 Å². The van der Waals surface area contributed by atoms with Crippen molar-refractivity contribution in [1.82, 2.24) is 0 Å². The number of rotatable bonds is 3.